The van der Waals surface area contributed by atoms with Crippen LogP contribution in [0.1, 0.15) is 44.5 Å². The van der Waals surface area contributed by atoms with E-state index in [1.54, 1.807) is 12.3 Å². The lowest BCUT2D eigenvalue weighted by Gasteiger charge is -2.18. The zero-order chi connectivity index (χ0) is 22.2. The fraction of sp³-hybridized carbons (Fsp3) is 0.200. The maximum atomic E-state index is 13.5. The van der Waals surface area contributed by atoms with Crippen molar-refractivity contribution in [2.75, 3.05) is 5.32 Å². The Labute approximate surface area is 189 Å². The van der Waals surface area contributed by atoms with Crippen molar-refractivity contribution in [1.29, 1.82) is 0 Å². The first-order chi connectivity index (χ1) is 15.5. The molecule has 0 saturated carbocycles. The van der Waals surface area contributed by atoms with Gasteiger partial charge in [0, 0.05) is 16.5 Å². The number of hydrogen-bond acceptors (Lipinski definition) is 5. The Balaban J connectivity index is 1.58. The van der Waals surface area contributed by atoms with Crippen LogP contribution in [0.4, 0.5) is 5.00 Å². The topological polar surface area (TPSA) is 98.0 Å². The van der Waals surface area contributed by atoms with Crippen molar-refractivity contribution in [3.8, 4) is 11.4 Å². The number of anilines is 1. The second-order valence-electron chi connectivity index (χ2n) is 8.16. The lowest BCUT2D eigenvalue weighted by molar-refractivity contribution is 0.1000. The number of carbonyl (C=O) groups is 2. The molecule has 3 aromatic heterocycles. The van der Waals surface area contributed by atoms with Gasteiger partial charge in [-0.2, -0.15) is 0 Å². The van der Waals surface area contributed by atoms with Crippen LogP contribution < -0.4 is 11.1 Å². The molecular formula is C25H22N4O2S. The average molecular weight is 443 g/mol. The van der Waals surface area contributed by atoms with Gasteiger partial charge in [0.25, 0.3) is 11.8 Å². The number of amides is 2. The fourth-order valence-electron chi connectivity index (χ4n) is 4.28. The molecule has 160 valence electrons. The van der Waals surface area contributed by atoms with E-state index in [9.17, 15) is 9.59 Å². The van der Waals surface area contributed by atoms with Crippen LogP contribution in [-0.4, -0.2) is 21.8 Å². The predicted molar refractivity (Wildman–Crippen MR) is 127 cm³/mol. The van der Waals surface area contributed by atoms with E-state index >= 15 is 0 Å². The summed E-state index contributed by atoms with van der Waals surface area (Å²) >= 11 is 1.46. The van der Waals surface area contributed by atoms with Gasteiger partial charge in [0.15, 0.2) is 0 Å². The van der Waals surface area contributed by atoms with Gasteiger partial charge in [0.2, 0.25) is 0 Å². The van der Waals surface area contributed by atoms with Crippen LogP contribution in [0, 0.1) is 5.92 Å². The molecule has 0 fully saturated rings. The molecule has 0 bridgehead atoms. The molecule has 4 aromatic rings. The minimum absolute atomic E-state index is 0.296. The molecule has 1 aliphatic carbocycles. The molecule has 2 amide bonds. The summed E-state index contributed by atoms with van der Waals surface area (Å²) in [6.45, 7) is 2.20. The van der Waals surface area contributed by atoms with E-state index in [4.69, 9.17) is 5.73 Å². The van der Waals surface area contributed by atoms with Crippen LogP contribution in [0.5, 0.6) is 0 Å². The second-order valence-corrected chi connectivity index (χ2v) is 9.27. The Bertz CT molecular complexity index is 1350. The standard InChI is InChI=1S/C25H22N4O2S/c1-14-9-10-16-21(12-14)32-25(22(16)23(26)30)29-24(31)17-13-20(19-8-4-5-11-27-19)28-18-7-3-2-6-15(17)18/h2-8,11,13-14H,9-10,12H2,1H3,(H2,26,30)(H,29,31). The number of pyridine rings is 2. The van der Waals surface area contributed by atoms with Gasteiger partial charge < -0.3 is 11.1 Å². The predicted octanol–water partition coefficient (Wildman–Crippen LogP) is 4.83. The Morgan fingerprint density at radius 2 is 1.94 bits per heavy atom. The summed E-state index contributed by atoms with van der Waals surface area (Å²) in [7, 11) is 0. The first-order valence-corrected chi connectivity index (χ1v) is 11.4. The fourth-order valence-corrected chi connectivity index (χ4v) is 5.69. The van der Waals surface area contributed by atoms with Crippen molar-refractivity contribution < 1.29 is 9.59 Å². The van der Waals surface area contributed by atoms with Crippen molar-refractivity contribution in [2.45, 2.75) is 26.2 Å². The third-order valence-corrected chi connectivity index (χ3v) is 7.04. The number of nitrogens with zero attached hydrogens (tertiary/aromatic N) is 2. The summed E-state index contributed by atoms with van der Waals surface area (Å²) < 4.78 is 0. The molecule has 0 saturated heterocycles. The molecule has 1 aliphatic rings. The SMILES string of the molecule is CC1CCc2c(sc(NC(=O)c3cc(-c4ccccn4)nc4ccccc34)c2C(N)=O)C1. The zero-order valence-electron chi connectivity index (χ0n) is 17.6. The molecule has 1 unspecified atom stereocenters. The van der Waals surface area contributed by atoms with E-state index in [1.165, 1.54) is 11.3 Å². The smallest absolute Gasteiger partial charge is 0.257 e. The second kappa shape index (κ2) is 8.16. The normalized spacial score (nSPS) is 15.3. The minimum atomic E-state index is -0.499. The highest BCUT2D eigenvalue weighted by Gasteiger charge is 2.28. The van der Waals surface area contributed by atoms with Crippen molar-refractivity contribution in [3.05, 3.63) is 76.3 Å². The number of carbonyl (C=O) groups excluding carboxylic acids is 2. The Morgan fingerprint density at radius 1 is 1.12 bits per heavy atom. The van der Waals surface area contributed by atoms with Gasteiger partial charge in [-0.25, -0.2) is 4.98 Å². The zero-order valence-corrected chi connectivity index (χ0v) is 18.4. The lowest BCUT2D eigenvalue weighted by atomic mass is 9.88. The van der Waals surface area contributed by atoms with Crippen molar-refractivity contribution in [3.63, 3.8) is 0 Å². The van der Waals surface area contributed by atoms with E-state index in [-0.39, 0.29) is 5.91 Å². The Hall–Kier alpha value is -3.58. The van der Waals surface area contributed by atoms with E-state index in [0.29, 0.717) is 39.0 Å². The molecule has 0 radical (unpaired) electrons. The first kappa shape index (κ1) is 20.3. The maximum Gasteiger partial charge on any atom is 0.257 e. The summed E-state index contributed by atoms with van der Waals surface area (Å²) in [5.41, 5.74) is 9.65. The van der Waals surface area contributed by atoms with E-state index in [1.807, 2.05) is 42.5 Å². The first-order valence-electron chi connectivity index (χ1n) is 10.6. The lowest BCUT2D eigenvalue weighted by Crippen LogP contribution is -2.19. The molecule has 1 aromatic carbocycles. The van der Waals surface area contributed by atoms with Gasteiger partial charge in [-0.05, 0) is 55.0 Å². The number of nitrogens with two attached hydrogens (primary N) is 1. The van der Waals surface area contributed by atoms with Crippen LogP contribution in [0.15, 0.2) is 54.7 Å². The molecule has 3 N–H and O–H groups in total. The summed E-state index contributed by atoms with van der Waals surface area (Å²) in [5.74, 6) is -0.244. The number of aromatic nitrogens is 2. The quantitative estimate of drug-likeness (QED) is 0.473. The molecule has 0 aliphatic heterocycles. The largest absolute Gasteiger partial charge is 0.365 e. The minimum Gasteiger partial charge on any atom is -0.365 e. The summed E-state index contributed by atoms with van der Waals surface area (Å²) in [6, 6.07) is 14.8. The number of fused-ring (bicyclic) bond motifs is 2. The summed E-state index contributed by atoms with van der Waals surface area (Å²) in [4.78, 5) is 35.9. The highest BCUT2D eigenvalue weighted by molar-refractivity contribution is 7.17. The van der Waals surface area contributed by atoms with E-state index < -0.39 is 5.91 Å². The molecular weight excluding hydrogens is 420 g/mol. The molecule has 7 heteroatoms. The van der Waals surface area contributed by atoms with Gasteiger partial charge in [-0.1, -0.05) is 31.2 Å². The summed E-state index contributed by atoms with van der Waals surface area (Å²) in [6.07, 6.45) is 4.42. The number of thiophene rings is 1. The molecule has 0 spiro atoms. The third kappa shape index (κ3) is 3.65. The number of rotatable bonds is 4. The van der Waals surface area contributed by atoms with Crippen LogP contribution in [0.25, 0.3) is 22.3 Å². The highest BCUT2D eigenvalue weighted by atomic mass is 32.1. The average Bonchev–Trinajstić information content (AvgIpc) is 3.15. The molecule has 6 nitrogen and oxygen atoms in total. The van der Waals surface area contributed by atoms with Gasteiger partial charge in [0.05, 0.1) is 28.0 Å². The highest BCUT2D eigenvalue weighted by Crippen LogP contribution is 2.39. The van der Waals surface area contributed by atoms with E-state index in [0.717, 1.165) is 35.1 Å². The third-order valence-electron chi connectivity index (χ3n) is 5.87. The number of benzene rings is 1. The molecule has 1 atom stereocenters. The van der Waals surface area contributed by atoms with Crippen molar-refractivity contribution in [1.82, 2.24) is 9.97 Å². The van der Waals surface area contributed by atoms with Gasteiger partial charge >= 0.3 is 0 Å². The van der Waals surface area contributed by atoms with Crippen molar-refractivity contribution >= 4 is 39.1 Å². The van der Waals surface area contributed by atoms with Gasteiger partial charge in [-0.3, -0.25) is 14.6 Å². The van der Waals surface area contributed by atoms with Crippen LogP contribution in [0.3, 0.4) is 0 Å². The number of primary amides is 1. The number of para-hydroxylation sites is 1. The molecule has 3 heterocycles. The monoisotopic (exact) mass is 442 g/mol. The maximum absolute atomic E-state index is 13.5. The van der Waals surface area contributed by atoms with Crippen LogP contribution in [-0.2, 0) is 12.8 Å². The van der Waals surface area contributed by atoms with Gasteiger partial charge in [0.1, 0.15) is 5.00 Å². The summed E-state index contributed by atoms with van der Waals surface area (Å²) in [5, 5.41) is 4.25. The van der Waals surface area contributed by atoms with Gasteiger partial charge in [-0.15, -0.1) is 11.3 Å². The van der Waals surface area contributed by atoms with E-state index in [2.05, 4.69) is 22.2 Å². The van der Waals surface area contributed by atoms with Crippen LogP contribution in [0.2, 0.25) is 0 Å². The number of hydrogen-bond donors (Lipinski definition) is 2. The Kier molecular flexibility index (Phi) is 5.19. The Morgan fingerprint density at radius 3 is 2.72 bits per heavy atom. The molecule has 32 heavy (non-hydrogen) atoms. The van der Waals surface area contributed by atoms with Crippen LogP contribution >= 0.6 is 11.3 Å². The number of nitrogens with one attached hydrogen (secondary N) is 1. The molecule has 5 rings (SSSR count). The van der Waals surface area contributed by atoms with Crippen molar-refractivity contribution in [2.24, 2.45) is 11.7 Å².